The summed E-state index contributed by atoms with van der Waals surface area (Å²) in [5.41, 5.74) is 0.258. The summed E-state index contributed by atoms with van der Waals surface area (Å²) in [6.07, 6.45) is 14.2. The van der Waals surface area contributed by atoms with Crippen LogP contribution in [-0.2, 0) is 20.9 Å². The fraction of sp³-hybridized carbons (Fsp3) is 0.880. The summed E-state index contributed by atoms with van der Waals surface area (Å²) in [5.74, 6) is 4.28. The molecule has 0 spiro atoms. The van der Waals surface area contributed by atoms with Crippen molar-refractivity contribution in [3.05, 3.63) is 19.8 Å². The predicted molar refractivity (Wildman–Crippen MR) is 120 cm³/mol. The maximum absolute atomic E-state index is 4.25. The summed E-state index contributed by atoms with van der Waals surface area (Å²) in [4.78, 5) is 0. The Morgan fingerprint density at radius 2 is 1.30 bits per heavy atom. The Bertz CT molecular complexity index is 310. The average molecular weight is 546 g/mol. The molecule has 4 unspecified atom stereocenters. The molecule has 0 aromatic carbocycles. The van der Waals surface area contributed by atoms with Crippen molar-refractivity contribution < 1.29 is 20.9 Å². The van der Waals surface area contributed by atoms with Gasteiger partial charge in [-0.15, -0.1) is 0 Å². The summed E-state index contributed by atoms with van der Waals surface area (Å²) in [7, 11) is 0. The Balaban J connectivity index is 0. The first-order chi connectivity index (χ1) is 12.6. The van der Waals surface area contributed by atoms with Crippen molar-refractivity contribution in [2.24, 2.45) is 32.9 Å². The van der Waals surface area contributed by atoms with Gasteiger partial charge in [-0.3, -0.25) is 0 Å². The third-order valence-corrected chi connectivity index (χ3v) is 8.32. The van der Waals surface area contributed by atoms with Crippen LogP contribution in [0.5, 0.6) is 0 Å². The quantitative estimate of drug-likeness (QED) is 0.308. The Labute approximate surface area is 186 Å². The molecule has 0 bridgehead atoms. The second kappa shape index (κ2) is 17.4. The van der Waals surface area contributed by atoms with Gasteiger partial charge in [-0.2, -0.15) is 31.1 Å². The second-order valence-electron chi connectivity index (χ2n) is 9.18. The maximum Gasteiger partial charge on any atom is -0.0582 e. The van der Waals surface area contributed by atoms with Crippen LogP contribution in [0.3, 0.4) is 0 Å². The topological polar surface area (TPSA) is 12.4 Å². The molecule has 163 valence electrons. The van der Waals surface area contributed by atoms with Crippen LogP contribution in [0.4, 0.5) is 0 Å². The van der Waals surface area contributed by atoms with Crippen molar-refractivity contribution >= 4 is 0 Å². The summed E-state index contributed by atoms with van der Waals surface area (Å²) in [6, 6.07) is 0. The van der Waals surface area contributed by atoms with E-state index in [1.54, 1.807) is 0 Å². The van der Waals surface area contributed by atoms with Crippen LogP contribution in [0.2, 0.25) is 0 Å². The van der Waals surface area contributed by atoms with Crippen molar-refractivity contribution in [1.82, 2.24) is 0 Å². The normalized spacial score (nSPS) is 30.3. The molecule has 2 saturated carbocycles. The molecule has 0 N–H and O–H groups in total. The molecule has 1 nitrogen and oxygen atoms in total. The average Bonchev–Trinajstić information content (AvgIpc) is 2.68. The molecule has 27 heavy (non-hydrogen) atoms. The second-order valence-corrected chi connectivity index (χ2v) is 9.90. The van der Waals surface area contributed by atoms with Crippen LogP contribution in [0.15, 0.2) is 3.34 Å². The number of rotatable bonds is 2. The van der Waals surface area contributed by atoms with Gasteiger partial charge < -0.3 is 19.8 Å². The van der Waals surface area contributed by atoms with E-state index >= 15 is 0 Å². The van der Waals surface area contributed by atoms with Gasteiger partial charge in [-0.05, 0) is 5.92 Å². The molecule has 0 aromatic rings. The number of nitrogens with zero attached hydrogens (tertiary/aromatic N) is 1. The third kappa shape index (κ3) is 15.1. The van der Waals surface area contributed by atoms with E-state index in [1.807, 2.05) is 6.92 Å². The first-order valence-electron chi connectivity index (χ1n) is 11.4. The minimum atomic E-state index is 0.258. The van der Waals surface area contributed by atoms with E-state index in [0.29, 0.717) is 0 Å². The third-order valence-electron chi connectivity index (χ3n) is 6.38. The standard InChI is InChI=1S/C11H21.C6H11.C5H11N.C3H7.Ta/c1-7-6-8(2)10(4)11(5)9(7)3;1-2-4-6-5-3-1;1-4-5(2,3)6;1-3-2;/h6-11H,1-5H3;1H,2-6H2;4H2,1-3H3;1,3H2,2H3;/q2*-1;;-1;. The van der Waals surface area contributed by atoms with Crippen LogP contribution in [0.25, 0.3) is 0 Å². The van der Waals surface area contributed by atoms with E-state index < -0.39 is 0 Å². The van der Waals surface area contributed by atoms with Crippen LogP contribution in [-0.4, -0.2) is 5.54 Å². The predicted octanol–water partition coefficient (Wildman–Crippen LogP) is 8.68. The molecule has 0 aromatic heterocycles. The van der Waals surface area contributed by atoms with Crippen molar-refractivity contribution in [2.45, 2.75) is 113 Å². The molecule has 2 aliphatic rings. The maximum atomic E-state index is 4.25. The van der Waals surface area contributed by atoms with Crippen molar-refractivity contribution in [1.29, 1.82) is 0 Å². The smallest absolute Gasteiger partial charge is 0.0582 e. The molecule has 0 saturated heterocycles. The van der Waals surface area contributed by atoms with Crippen LogP contribution in [0.1, 0.15) is 107 Å². The summed E-state index contributed by atoms with van der Waals surface area (Å²) in [5, 5.41) is 0. The summed E-state index contributed by atoms with van der Waals surface area (Å²) in [6.45, 7) is 23.8. The largest absolute Gasteiger partial charge is 0.344 e. The van der Waals surface area contributed by atoms with Gasteiger partial charge in [0.15, 0.2) is 0 Å². The van der Waals surface area contributed by atoms with E-state index in [9.17, 15) is 0 Å². The zero-order valence-electron chi connectivity index (χ0n) is 20.1. The molecule has 0 aliphatic heterocycles. The minimum absolute atomic E-state index is 0.258. The number of hydrogen-bond acceptors (Lipinski definition) is 1. The SMILES string of the molecule is CC1[CH-]C(C)C(C)C(C)C1C.CCC(C)(C)[N]=[Ta].[CH-]1CCCCC1.[CH2-]CC. The molecule has 0 radical (unpaired) electrons. The van der Waals surface area contributed by atoms with Crippen molar-refractivity contribution in [3.63, 3.8) is 0 Å². The van der Waals surface area contributed by atoms with Gasteiger partial charge in [0, 0.05) is 0 Å². The molecule has 2 rings (SSSR count). The fourth-order valence-corrected chi connectivity index (χ4v) is 3.74. The van der Waals surface area contributed by atoms with Crippen molar-refractivity contribution in [3.8, 4) is 0 Å². The van der Waals surface area contributed by atoms with Crippen molar-refractivity contribution in [2.75, 3.05) is 0 Å². The van der Waals surface area contributed by atoms with Crippen LogP contribution in [0, 0.1) is 49.4 Å². The molecule has 2 fully saturated rings. The zero-order valence-corrected chi connectivity index (χ0v) is 23.3. The van der Waals surface area contributed by atoms with E-state index in [0.717, 1.165) is 63.3 Å². The fourth-order valence-electron chi connectivity index (χ4n) is 3.23. The monoisotopic (exact) mass is 545 g/mol. The van der Waals surface area contributed by atoms with E-state index in [4.69, 9.17) is 0 Å². The summed E-state index contributed by atoms with van der Waals surface area (Å²) < 4.78 is 4.25. The first-order valence-corrected chi connectivity index (χ1v) is 12.8. The molecule has 0 amide bonds. The van der Waals surface area contributed by atoms with Gasteiger partial charge in [0.1, 0.15) is 0 Å². The van der Waals surface area contributed by atoms with Crippen LogP contribution < -0.4 is 0 Å². The van der Waals surface area contributed by atoms with Gasteiger partial charge in [0.2, 0.25) is 0 Å². The molecule has 2 heteroatoms. The van der Waals surface area contributed by atoms with Gasteiger partial charge in [-0.25, -0.2) is 0 Å². The van der Waals surface area contributed by atoms with Gasteiger partial charge in [0.05, 0.1) is 0 Å². The first kappa shape index (κ1) is 29.7. The molecule has 4 atom stereocenters. The van der Waals surface area contributed by atoms with E-state index in [2.05, 4.69) is 78.5 Å². The molecule has 2 aliphatic carbocycles. The Morgan fingerprint density at radius 3 is 1.48 bits per heavy atom. The van der Waals surface area contributed by atoms with Gasteiger partial charge in [-0.1, -0.05) is 72.6 Å². The zero-order chi connectivity index (χ0) is 21.5. The van der Waals surface area contributed by atoms with Crippen LogP contribution >= 0.6 is 0 Å². The number of hydrogen-bond donors (Lipinski definition) is 0. The summed E-state index contributed by atoms with van der Waals surface area (Å²) >= 11 is 1.16. The van der Waals surface area contributed by atoms with Gasteiger partial charge >= 0.3 is 57.0 Å². The molecular weight excluding hydrogens is 495 g/mol. The Morgan fingerprint density at radius 1 is 0.889 bits per heavy atom. The van der Waals surface area contributed by atoms with Gasteiger partial charge in [0.25, 0.3) is 0 Å². The van der Waals surface area contributed by atoms with E-state index in [-0.39, 0.29) is 5.54 Å². The van der Waals surface area contributed by atoms with E-state index in [1.165, 1.54) is 32.1 Å². The Kier molecular flexibility index (Phi) is 19.2. The Hall–Kier alpha value is 0.540. The minimum Gasteiger partial charge on any atom is -0.344 e. The molecule has 0 heterocycles. The molecular formula is C25H50NTa-3.